The third-order valence-electron chi connectivity index (χ3n) is 9.56. The van der Waals surface area contributed by atoms with Crippen LogP contribution in [0, 0.1) is 0 Å². The lowest BCUT2D eigenvalue weighted by Crippen LogP contribution is -2.53. The third-order valence-corrected chi connectivity index (χ3v) is 10.9. The number of aryl methyl sites for hydroxylation is 1. The van der Waals surface area contributed by atoms with E-state index < -0.39 is 0 Å². The molecule has 2 fully saturated rings. The molecule has 2 N–H and O–H groups in total. The number of anilines is 4. The van der Waals surface area contributed by atoms with Gasteiger partial charge in [0.05, 0.1) is 28.5 Å². The number of nitrogens with one attached hydrogen (secondary N) is 2. The number of methoxy groups -OCH3 is 1. The lowest BCUT2D eigenvalue weighted by molar-refractivity contribution is 0.0518. The first-order valence-corrected chi connectivity index (χ1v) is 18.7. The summed E-state index contributed by atoms with van der Waals surface area (Å²) in [5.74, 6) is 1.81. The van der Waals surface area contributed by atoms with Crippen LogP contribution in [0.25, 0.3) is 11.0 Å². The molecule has 0 aliphatic carbocycles. The molecule has 49 heavy (non-hydrogen) atoms. The van der Waals surface area contributed by atoms with Crippen molar-refractivity contribution in [3.63, 3.8) is 0 Å². The Labute approximate surface area is 301 Å². The Morgan fingerprint density at radius 1 is 1.06 bits per heavy atom. The van der Waals surface area contributed by atoms with Gasteiger partial charge >= 0.3 is 0 Å². The van der Waals surface area contributed by atoms with Crippen molar-refractivity contribution in [3.05, 3.63) is 64.0 Å². The minimum absolute atomic E-state index is 0.0876. The molecule has 12 nitrogen and oxygen atoms in total. The quantitative estimate of drug-likeness (QED) is 0.184. The number of likely N-dealkylation sites (tertiary alicyclic amines) is 1. The van der Waals surface area contributed by atoms with Crippen molar-refractivity contribution in [2.24, 2.45) is 0 Å². The van der Waals surface area contributed by atoms with Gasteiger partial charge in [0.1, 0.15) is 17.1 Å². The van der Waals surface area contributed by atoms with Gasteiger partial charge in [0, 0.05) is 94.9 Å². The summed E-state index contributed by atoms with van der Waals surface area (Å²) in [6, 6.07) is 8.47. The second-order valence-corrected chi connectivity index (χ2v) is 14.2. The number of carbonyl (C=O) groups is 1. The summed E-state index contributed by atoms with van der Waals surface area (Å²) >= 11 is 5.19. The van der Waals surface area contributed by atoms with Gasteiger partial charge in [0.2, 0.25) is 5.95 Å². The zero-order valence-corrected chi connectivity index (χ0v) is 31.3. The number of amides is 1. The molecule has 0 spiro atoms. The van der Waals surface area contributed by atoms with Gasteiger partial charge in [-0.3, -0.25) is 19.7 Å². The molecule has 6 rings (SSSR count). The van der Waals surface area contributed by atoms with E-state index in [1.165, 1.54) is 0 Å². The van der Waals surface area contributed by atoms with Crippen LogP contribution in [0.4, 0.5) is 23.1 Å². The van der Waals surface area contributed by atoms with Gasteiger partial charge in [-0.05, 0) is 72.1 Å². The molecule has 2 aliphatic heterocycles. The van der Waals surface area contributed by atoms with E-state index in [1.807, 2.05) is 36.4 Å². The molecule has 2 saturated heterocycles. The molecule has 0 bridgehead atoms. The van der Waals surface area contributed by atoms with Crippen LogP contribution in [-0.2, 0) is 13.0 Å². The molecule has 0 radical (unpaired) electrons. The number of aromatic nitrogens is 4. The maximum absolute atomic E-state index is 13.8. The zero-order valence-electron chi connectivity index (χ0n) is 28.9. The summed E-state index contributed by atoms with van der Waals surface area (Å²) in [6.45, 7) is 8.53. The fraction of sp³-hybridized carbons (Fsp3) is 0.457. The summed E-state index contributed by atoms with van der Waals surface area (Å²) in [7, 11) is 5.83. The van der Waals surface area contributed by atoms with Crippen molar-refractivity contribution >= 4 is 68.0 Å². The minimum atomic E-state index is 0.0876. The molecule has 4 aromatic rings. The van der Waals surface area contributed by atoms with Gasteiger partial charge in [-0.25, -0.2) is 4.98 Å². The van der Waals surface area contributed by atoms with Crippen molar-refractivity contribution in [1.29, 1.82) is 0 Å². The van der Waals surface area contributed by atoms with Crippen LogP contribution in [0.1, 0.15) is 41.3 Å². The summed E-state index contributed by atoms with van der Waals surface area (Å²) in [6.07, 6.45) is 9.90. The van der Waals surface area contributed by atoms with Crippen LogP contribution in [-0.4, -0.2) is 113 Å². The summed E-state index contributed by atoms with van der Waals surface area (Å²) < 4.78 is 8.59. The maximum Gasteiger partial charge on any atom is 0.254 e. The number of ether oxygens (including phenoxy) is 1. The second-order valence-electron chi connectivity index (χ2n) is 12.5. The highest BCUT2D eigenvalue weighted by atomic mass is 79.9. The number of likely N-dealkylation sites (N-methyl/N-ethyl adjacent to an activating group) is 1. The van der Waals surface area contributed by atoms with Gasteiger partial charge < -0.3 is 29.5 Å². The predicted molar refractivity (Wildman–Crippen MR) is 202 cm³/mol. The fourth-order valence-corrected chi connectivity index (χ4v) is 7.32. The molecule has 2 aliphatic rings. The maximum atomic E-state index is 13.8. The van der Waals surface area contributed by atoms with Crippen LogP contribution >= 0.6 is 27.9 Å². The molecular formula is C35H45BrN10O2S. The highest BCUT2D eigenvalue weighted by molar-refractivity contribution is 9.10. The lowest BCUT2D eigenvalue weighted by atomic mass is 9.97. The van der Waals surface area contributed by atoms with Crippen molar-refractivity contribution in [3.8, 4) is 5.75 Å². The topological polar surface area (TPSA) is 115 Å². The number of rotatable bonds is 11. The highest BCUT2D eigenvalue weighted by Crippen LogP contribution is 2.37. The number of piperazine rings is 1. The van der Waals surface area contributed by atoms with Crippen LogP contribution in [0.3, 0.4) is 0 Å². The molecule has 0 unspecified atom stereocenters. The number of piperidine rings is 1. The van der Waals surface area contributed by atoms with Crippen LogP contribution in [0.5, 0.6) is 5.75 Å². The first-order valence-electron chi connectivity index (χ1n) is 16.8. The Bertz CT molecular complexity index is 1780. The monoisotopic (exact) mass is 748 g/mol. The van der Waals surface area contributed by atoms with Crippen LogP contribution in [0.2, 0.25) is 0 Å². The molecular weight excluding hydrogens is 704 g/mol. The van der Waals surface area contributed by atoms with Crippen LogP contribution < -0.4 is 19.7 Å². The first kappa shape index (κ1) is 35.1. The zero-order chi connectivity index (χ0) is 34.5. The number of hydrogen-bond acceptors (Lipinski definition) is 12. The van der Waals surface area contributed by atoms with Gasteiger partial charge in [0.25, 0.3) is 5.91 Å². The van der Waals surface area contributed by atoms with Crippen molar-refractivity contribution in [1.82, 2.24) is 34.6 Å². The Morgan fingerprint density at radius 2 is 1.82 bits per heavy atom. The number of halogens is 1. The van der Waals surface area contributed by atoms with Crippen molar-refractivity contribution in [2.75, 3.05) is 81.7 Å². The second kappa shape index (κ2) is 15.9. The average Bonchev–Trinajstić information content (AvgIpc) is 3.14. The standard InChI is InChI=1S/C35H45BrN10O2S/c1-6-23-19-24(30(48-4)20-26(23)34(47)46-13-9-25(10-14-46)45-17-15-43(2)16-18-45)21-39-35-40-22-27(36)33(42-35)41-29-8-7-28-31(38-12-11-37-28)32(29)44(3)49-5/h7-8,11-12,19-20,22,25H,6,9-10,13-18,21H2,1-5H3,(H2,39,40,41,42). The smallest absolute Gasteiger partial charge is 0.254 e. The minimum Gasteiger partial charge on any atom is -0.496 e. The summed E-state index contributed by atoms with van der Waals surface area (Å²) in [4.78, 5) is 39.2. The number of carbonyl (C=O) groups excluding carboxylic acids is 1. The lowest BCUT2D eigenvalue weighted by Gasteiger charge is -2.42. The van der Waals surface area contributed by atoms with Gasteiger partial charge in [-0.15, -0.1) is 0 Å². The predicted octanol–water partition coefficient (Wildman–Crippen LogP) is 5.68. The Hall–Kier alpha value is -3.72. The molecule has 0 atom stereocenters. The molecule has 2 aromatic heterocycles. The molecule has 4 heterocycles. The summed E-state index contributed by atoms with van der Waals surface area (Å²) in [5, 5.41) is 6.84. The van der Waals surface area contributed by atoms with Gasteiger partial charge in [-0.1, -0.05) is 18.9 Å². The highest BCUT2D eigenvalue weighted by Gasteiger charge is 2.30. The van der Waals surface area contributed by atoms with E-state index in [-0.39, 0.29) is 5.91 Å². The normalized spacial score (nSPS) is 16.2. The molecule has 2 aromatic carbocycles. The SMILES string of the molecule is CCc1cc(CNc2ncc(Br)c(Nc3ccc4nccnc4c3N(C)SC)n2)c(OC)cc1C(=O)N1CCC(N2CCN(C)CC2)CC1. The van der Waals surface area contributed by atoms with E-state index in [4.69, 9.17) is 9.72 Å². The van der Waals surface area contributed by atoms with E-state index in [0.717, 1.165) is 102 Å². The fourth-order valence-electron chi connectivity index (χ4n) is 6.66. The molecule has 1 amide bonds. The van der Waals surface area contributed by atoms with Crippen LogP contribution in [0.15, 0.2) is 47.3 Å². The largest absolute Gasteiger partial charge is 0.496 e. The molecule has 14 heteroatoms. The van der Waals surface area contributed by atoms with E-state index in [9.17, 15) is 4.79 Å². The van der Waals surface area contributed by atoms with Gasteiger partial charge in [0.15, 0.2) is 0 Å². The van der Waals surface area contributed by atoms with E-state index in [2.05, 4.69) is 75.7 Å². The van der Waals surface area contributed by atoms with Gasteiger partial charge in [-0.2, -0.15) is 4.98 Å². The number of fused-ring (bicyclic) bond motifs is 1. The van der Waals surface area contributed by atoms with E-state index in [1.54, 1.807) is 37.6 Å². The Balaban J connectivity index is 1.16. The van der Waals surface area contributed by atoms with E-state index in [0.29, 0.717) is 30.1 Å². The molecule has 0 saturated carbocycles. The Morgan fingerprint density at radius 3 is 2.53 bits per heavy atom. The number of benzene rings is 2. The molecule has 260 valence electrons. The number of nitrogens with zero attached hydrogens (tertiary/aromatic N) is 8. The van der Waals surface area contributed by atoms with E-state index >= 15 is 0 Å². The Kier molecular flexibility index (Phi) is 11.4. The van der Waals surface area contributed by atoms with Crippen molar-refractivity contribution in [2.45, 2.75) is 38.8 Å². The average molecular weight is 750 g/mol. The third kappa shape index (κ3) is 7.87. The number of hydrogen-bond donors (Lipinski definition) is 2. The first-order chi connectivity index (χ1) is 23.8. The summed E-state index contributed by atoms with van der Waals surface area (Å²) in [5.41, 5.74) is 6.02. The van der Waals surface area contributed by atoms with Crippen molar-refractivity contribution < 1.29 is 9.53 Å².